The first-order chi connectivity index (χ1) is 14.1. The lowest BCUT2D eigenvalue weighted by Crippen LogP contribution is -2.40. The molecule has 0 atom stereocenters. The van der Waals surface area contributed by atoms with E-state index in [0.717, 1.165) is 0 Å². The minimum Gasteiger partial charge on any atom is -0.347 e. The van der Waals surface area contributed by atoms with Gasteiger partial charge in [-0.1, -0.05) is 35.9 Å². The molecular weight excluding hydrogens is 445 g/mol. The van der Waals surface area contributed by atoms with E-state index in [9.17, 15) is 14.0 Å². The van der Waals surface area contributed by atoms with Crippen molar-refractivity contribution < 1.29 is 14.0 Å². The van der Waals surface area contributed by atoms with Crippen molar-refractivity contribution in [3.63, 3.8) is 0 Å². The number of anilines is 1. The molecule has 1 heterocycles. The van der Waals surface area contributed by atoms with Gasteiger partial charge in [-0.25, -0.2) is 4.39 Å². The molecule has 30 heavy (non-hydrogen) atoms. The first-order valence-electron chi connectivity index (χ1n) is 8.97. The fourth-order valence-electron chi connectivity index (χ4n) is 2.70. The zero-order chi connectivity index (χ0) is 22.1. The van der Waals surface area contributed by atoms with Crippen molar-refractivity contribution in [2.24, 2.45) is 0 Å². The van der Waals surface area contributed by atoms with Crippen LogP contribution in [0.15, 0.2) is 42.5 Å². The van der Waals surface area contributed by atoms with Crippen molar-refractivity contribution in [1.82, 2.24) is 10.6 Å². The van der Waals surface area contributed by atoms with E-state index in [1.54, 1.807) is 24.3 Å². The van der Waals surface area contributed by atoms with Gasteiger partial charge in [0.05, 0.1) is 21.0 Å². The summed E-state index contributed by atoms with van der Waals surface area (Å²) in [5.41, 5.74) is 0.0594. The number of carbonyl (C=O) groups excluding carboxylic acids is 2. The van der Waals surface area contributed by atoms with E-state index in [1.165, 1.54) is 29.5 Å². The second-order valence-corrected chi connectivity index (χ2v) is 9.33. The van der Waals surface area contributed by atoms with Gasteiger partial charge in [0.25, 0.3) is 11.8 Å². The first kappa shape index (κ1) is 22.1. The highest BCUT2D eigenvalue weighted by Gasteiger charge is 2.22. The van der Waals surface area contributed by atoms with Crippen LogP contribution in [0.4, 0.5) is 10.1 Å². The SMILES string of the molecule is CC(C)(C)NC(=O)c1sc2c(NC(=S)NC(=O)c3ccccc3F)cccc2c1Cl. The maximum atomic E-state index is 13.8. The summed E-state index contributed by atoms with van der Waals surface area (Å²) < 4.78 is 14.5. The monoisotopic (exact) mass is 463 g/mol. The normalized spacial score (nSPS) is 11.2. The number of fused-ring (bicyclic) bond motifs is 1. The van der Waals surface area contributed by atoms with Crippen LogP contribution >= 0.6 is 35.2 Å². The van der Waals surface area contributed by atoms with Gasteiger partial charge in [0.15, 0.2) is 5.11 Å². The van der Waals surface area contributed by atoms with Gasteiger partial charge in [-0.15, -0.1) is 11.3 Å². The molecule has 2 aromatic carbocycles. The zero-order valence-electron chi connectivity index (χ0n) is 16.4. The summed E-state index contributed by atoms with van der Waals surface area (Å²) in [6.45, 7) is 5.65. The zero-order valence-corrected chi connectivity index (χ0v) is 18.8. The molecule has 2 amide bonds. The lowest BCUT2D eigenvalue weighted by molar-refractivity contribution is 0.0922. The predicted octanol–water partition coefficient (Wildman–Crippen LogP) is 5.35. The number of carbonyl (C=O) groups is 2. The highest BCUT2D eigenvalue weighted by molar-refractivity contribution is 7.80. The number of rotatable bonds is 3. The standard InChI is InChI=1S/C21H19ClFN3O2S2/c1-21(2,3)26-19(28)17-15(22)12-8-6-10-14(16(12)30-17)24-20(29)25-18(27)11-7-4-5-9-13(11)23/h4-10H,1-3H3,(H,26,28)(H2,24,25,27,29). The summed E-state index contributed by atoms with van der Waals surface area (Å²) in [6, 6.07) is 10.9. The smallest absolute Gasteiger partial charge is 0.263 e. The molecule has 0 saturated carbocycles. The Morgan fingerprint density at radius 2 is 1.77 bits per heavy atom. The number of thiophene rings is 1. The number of halogens is 2. The van der Waals surface area contributed by atoms with Crippen LogP contribution in [0.3, 0.4) is 0 Å². The van der Waals surface area contributed by atoms with E-state index in [2.05, 4.69) is 16.0 Å². The second-order valence-electron chi connectivity index (χ2n) is 7.52. The third-order valence-corrected chi connectivity index (χ3v) is 5.89. The Labute approximate surface area is 187 Å². The molecule has 3 rings (SSSR count). The molecule has 0 saturated heterocycles. The summed E-state index contributed by atoms with van der Waals surface area (Å²) in [5.74, 6) is -1.57. The molecule has 9 heteroatoms. The van der Waals surface area contributed by atoms with Crippen molar-refractivity contribution in [1.29, 1.82) is 0 Å². The molecule has 1 aromatic heterocycles. The summed E-state index contributed by atoms with van der Waals surface area (Å²) in [6.07, 6.45) is 0. The number of hydrogen-bond donors (Lipinski definition) is 3. The fourth-order valence-corrected chi connectivity index (χ4v) is 4.37. The van der Waals surface area contributed by atoms with Crippen LogP contribution in [-0.4, -0.2) is 22.5 Å². The van der Waals surface area contributed by atoms with Crippen LogP contribution in [0.5, 0.6) is 0 Å². The summed E-state index contributed by atoms with van der Waals surface area (Å²) in [5, 5.41) is 9.32. The lowest BCUT2D eigenvalue weighted by Gasteiger charge is -2.19. The van der Waals surface area contributed by atoms with Crippen molar-refractivity contribution in [2.75, 3.05) is 5.32 Å². The molecule has 3 N–H and O–H groups in total. The molecule has 0 radical (unpaired) electrons. The number of nitrogens with one attached hydrogen (secondary N) is 3. The Balaban J connectivity index is 1.83. The van der Waals surface area contributed by atoms with Gasteiger partial charge in [-0.05, 0) is 51.2 Å². The third-order valence-electron chi connectivity index (χ3n) is 3.94. The van der Waals surface area contributed by atoms with E-state index in [0.29, 0.717) is 25.7 Å². The Kier molecular flexibility index (Phi) is 6.40. The average molecular weight is 464 g/mol. The van der Waals surface area contributed by atoms with Crippen molar-refractivity contribution >= 4 is 67.9 Å². The van der Waals surface area contributed by atoms with Gasteiger partial charge in [-0.2, -0.15) is 0 Å². The van der Waals surface area contributed by atoms with Crippen LogP contribution in [0.25, 0.3) is 10.1 Å². The van der Waals surface area contributed by atoms with Gasteiger partial charge < -0.3 is 10.6 Å². The topological polar surface area (TPSA) is 70.2 Å². The summed E-state index contributed by atoms with van der Waals surface area (Å²) in [7, 11) is 0. The van der Waals surface area contributed by atoms with Crippen LogP contribution in [0.1, 0.15) is 40.8 Å². The number of benzene rings is 2. The van der Waals surface area contributed by atoms with Gasteiger partial charge >= 0.3 is 0 Å². The molecule has 0 aliphatic heterocycles. The molecule has 0 fully saturated rings. The molecule has 0 spiro atoms. The second kappa shape index (κ2) is 8.67. The van der Waals surface area contributed by atoms with E-state index >= 15 is 0 Å². The molecule has 156 valence electrons. The maximum absolute atomic E-state index is 13.8. The highest BCUT2D eigenvalue weighted by atomic mass is 35.5. The molecule has 0 aliphatic rings. The van der Waals surface area contributed by atoms with Gasteiger partial charge in [0.1, 0.15) is 10.7 Å². The maximum Gasteiger partial charge on any atom is 0.263 e. The van der Waals surface area contributed by atoms with Crippen molar-refractivity contribution in [2.45, 2.75) is 26.3 Å². The van der Waals surface area contributed by atoms with E-state index in [4.69, 9.17) is 23.8 Å². The molecular formula is C21H19ClFN3O2S2. The lowest BCUT2D eigenvalue weighted by atomic mass is 10.1. The molecule has 5 nitrogen and oxygen atoms in total. The Bertz CT molecular complexity index is 1150. The molecule has 0 bridgehead atoms. The van der Waals surface area contributed by atoms with Crippen molar-refractivity contribution in [3.05, 3.63) is 63.7 Å². The van der Waals surface area contributed by atoms with Crippen LogP contribution < -0.4 is 16.0 Å². The highest BCUT2D eigenvalue weighted by Crippen LogP contribution is 2.39. The number of thiocarbonyl (C=S) groups is 1. The minimum atomic E-state index is -0.660. The quantitative estimate of drug-likeness (QED) is 0.458. The Morgan fingerprint density at radius 3 is 2.43 bits per heavy atom. The van der Waals surface area contributed by atoms with Crippen LogP contribution in [-0.2, 0) is 0 Å². The largest absolute Gasteiger partial charge is 0.347 e. The first-order valence-corrected chi connectivity index (χ1v) is 10.6. The predicted molar refractivity (Wildman–Crippen MR) is 124 cm³/mol. The summed E-state index contributed by atoms with van der Waals surface area (Å²) in [4.78, 5) is 25.2. The fraction of sp³-hybridized carbons (Fsp3) is 0.190. The Morgan fingerprint density at radius 1 is 1.07 bits per heavy atom. The number of amides is 2. The van der Waals surface area contributed by atoms with Crippen LogP contribution in [0, 0.1) is 5.82 Å². The molecule has 3 aromatic rings. The minimum absolute atomic E-state index is 0.000897. The Hall–Kier alpha value is -2.55. The number of hydrogen-bond acceptors (Lipinski definition) is 4. The average Bonchev–Trinajstić information content (AvgIpc) is 2.99. The van der Waals surface area contributed by atoms with Crippen molar-refractivity contribution in [3.8, 4) is 0 Å². The molecule has 0 unspecified atom stereocenters. The third kappa shape index (κ3) is 4.95. The van der Waals surface area contributed by atoms with Gasteiger partial charge in [-0.3, -0.25) is 14.9 Å². The van der Waals surface area contributed by atoms with E-state index in [-0.39, 0.29) is 16.6 Å². The van der Waals surface area contributed by atoms with E-state index in [1.807, 2.05) is 20.8 Å². The molecule has 0 aliphatic carbocycles. The van der Waals surface area contributed by atoms with Gasteiger partial charge in [0.2, 0.25) is 0 Å². The van der Waals surface area contributed by atoms with Crippen LogP contribution in [0.2, 0.25) is 5.02 Å². The van der Waals surface area contributed by atoms with E-state index < -0.39 is 17.3 Å². The van der Waals surface area contributed by atoms with Gasteiger partial charge in [0, 0.05) is 10.9 Å². The summed E-state index contributed by atoms with van der Waals surface area (Å²) >= 11 is 12.9.